The van der Waals surface area contributed by atoms with Crippen LogP contribution in [0.2, 0.25) is 0 Å². The van der Waals surface area contributed by atoms with Crippen LogP contribution in [0.4, 0.5) is 5.69 Å². The van der Waals surface area contributed by atoms with Gasteiger partial charge in [0, 0.05) is 16.5 Å². The van der Waals surface area contributed by atoms with E-state index in [1.807, 2.05) is 17.5 Å². The van der Waals surface area contributed by atoms with Crippen LogP contribution in [0.15, 0.2) is 48.4 Å². The van der Waals surface area contributed by atoms with Gasteiger partial charge in [0.15, 0.2) is 0 Å². The molecule has 4 rings (SSSR count). The molecule has 8 nitrogen and oxygen atoms in total. The molecular formula is C19H19N5O3S. The van der Waals surface area contributed by atoms with Gasteiger partial charge in [-0.1, -0.05) is 18.9 Å². The molecular weight excluding hydrogens is 378 g/mol. The Hall–Kier alpha value is -3.07. The molecule has 2 heterocycles. The summed E-state index contributed by atoms with van der Waals surface area (Å²) in [6.07, 6.45) is 7.18. The average Bonchev–Trinajstić information content (AvgIpc) is 3.48. The highest BCUT2D eigenvalue weighted by Gasteiger charge is 2.29. The van der Waals surface area contributed by atoms with E-state index in [0.29, 0.717) is 5.92 Å². The van der Waals surface area contributed by atoms with Crippen molar-refractivity contribution < 1.29 is 9.72 Å². The first kappa shape index (κ1) is 18.3. The number of aromatic nitrogens is 3. The summed E-state index contributed by atoms with van der Waals surface area (Å²) in [5, 5.41) is 20.6. The molecule has 0 aliphatic heterocycles. The van der Waals surface area contributed by atoms with E-state index in [4.69, 9.17) is 0 Å². The van der Waals surface area contributed by atoms with Crippen LogP contribution in [-0.2, 0) is 0 Å². The predicted octanol–water partition coefficient (Wildman–Crippen LogP) is 3.90. The van der Waals surface area contributed by atoms with Crippen molar-refractivity contribution in [3.05, 3.63) is 68.9 Å². The van der Waals surface area contributed by atoms with Gasteiger partial charge in [-0.3, -0.25) is 14.9 Å². The maximum atomic E-state index is 12.9. The van der Waals surface area contributed by atoms with Crippen LogP contribution in [0, 0.1) is 16.0 Å². The van der Waals surface area contributed by atoms with Gasteiger partial charge in [0.1, 0.15) is 18.3 Å². The highest BCUT2D eigenvalue weighted by molar-refractivity contribution is 7.10. The third-order valence-corrected chi connectivity index (χ3v) is 6.06. The maximum absolute atomic E-state index is 12.9. The molecule has 1 aromatic carbocycles. The zero-order valence-electron chi connectivity index (χ0n) is 15.0. The topological polar surface area (TPSA) is 103 Å². The quantitative estimate of drug-likeness (QED) is 0.502. The predicted molar refractivity (Wildman–Crippen MR) is 104 cm³/mol. The molecule has 1 unspecified atom stereocenters. The lowest BCUT2D eigenvalue weighted by Crippen LogP contribution is -2.32. The molecule has 0 saturated heterocycles. The number of hydrogen-bond acceptors (Lipinski definition) is 6. The van der Waals surface area contributed by atoms with Gasteiger partial charge in [-0.05, 0) is 42.3 Å². The van der Waals surface area contributed by atoms with Gasteiger partial charge in [0.2, 0.25) is 0 Å². The van der Waals surface area contributed by atoms with E-state index >= 15 is 0 Å². The summed E-state index contributed by atoms with van der Waals surface area (Å²) in [6.45, 7) is 0. The van der Waals surface area contributed by atoms with Crippen molar-refractivity contribution in [2.75, 3.05) is 0 Å². The first-order chi connectivity index (χ1) is 13.6. The molecule has 0 bridgehead atoms. The van der Waals surface area contributed by atoms with Crippen LogP contribution in [0.3, 0.4) is 0 Å². The number of nitro benzene ring substituents is 1. The molecule has 1 N–H and O–H groups in total. The second-order valence-electron chi connectivity index (χ2n) is 6.81. The minimum absolute atomic E-state index is 0.0657. The summed E-state index contributed by atoms with van der Waals surface area (Å²) in [6, 6.07) is 8.35. The summed E-state index contributed by atoms with van der Waals surface area (Å²) in [5.41, 5.74) is 0.339. The number of hydrogen-bond donors (Lipinski definition) is 1. The van der Waals surface area contributed by atoms with Crippen molar-refractivity contribution >= 4 is 22.9 Å². The number of nitrogens with zero attached hydrogens (tertiary/aromatic N) is 4. The zero-order valence-corrected chi connectivity index (χ0v) is 15.8. The Morgan fingerprint density at radius 2 is 2.14 bits per heavy atom. The van der Waals surface area contributed by atoms with Crippen molar-refractivity contribution in [3.8, 4) is 5.69 Å². The molecule has 1 aliphatic rings. The van der Waals surface area contributed by atoms with E-state index in [1.54, 1.807) is 17.4 Å². The van der Waals surface area contributed by atoms with Crippen molar-refractivity contribution in [1.82, 2.24) is 20.1 Å². The summed E-state index contributed by atoms with van der Waals surface area (Å²) in [5.74, 6) is 0.0885. The number of rotatable bonds is 6. The van der Waals surface area contributed by atoms with E-state index in [1.165, 1.54) is 42.3 Å². The third kappa shape index (κ3) is 3.65. The fourth-order valence-corrected chi connectivity index (χ4v) is 4.61. The summed E-state index contributed by atoms with van der Waals surface area (Å²) < 4.78 is 1.31. The molecule has 144 valence electrons. The summed E-state index contributed by atoms with van der Waals surface area (Å²) in [7, 11) is 0. The lowest BCUT2D eigenvalue weighted by molar-refractivity contribution is -0.384. The van der Waals surface area contributed by atoms with Gasteiger partial charge in [0.25, 0.3) is 11.6 Å². The van der Waals surface area contributed by atoms with Crippen LogP contribution in [-0.4, -0.2) is 25.6 Å². The molecule has 1 amide bonds. The lowest BCUT2D eigenvalue weighted by Gasteiger charge is -2.24. The number of carbonyl (C=O) groups is 1. The number of thiophene rings is 1. The fourth-order valence-electron chi connectivity index (χ4n) is 3.74. The maximum Gasteiger partial charge on any atom is 0.295 e. The minimum Gasteiger partial charge on any atom is -0.344 e. The minimum atomic E-state index is -0.512. The van der Waals surface area contributed by atoms with E-state index in [9.17, 15) is 14.9 Å². The van der Waals surface area contributed by atoms with Crippen molar-refractivity contribution in [3.63, 3.8) is 0 Å². The Balaban J connectivity index is 1.62. The number of amides is 1. The molecule has 9 heteroatoms. The molecule has 3 aromatic rings. The van der Waals surface area contributed by atoms with Gasteiger partial charge in [-0.2, -0.15) is 5.10 Å². The third-order valence-electron chi connectivity index (χ3n) is 5.11. The number of carbonyl (C=O) groups excluding carboxylic acids is 1. The van der Waals surface area contributed by atoms with Gasteiger partial charge >= 0.3 is 0 Å². The van der Waals surface area contributed by atoms with Crippen molar-refractivity contribution in [2.45, 2.75) is 31.7 Å². The molecule has 0 radical (unpaired) electrons. The fraction of sp³-hybridized carbons (Fsp3) is 0.316. The van der Waals surface area contributed by atoms with Crippen LogP contribution < -0.4 is 5.32 Å². The zero-order chi connectivity index (χ0) is 19.5. The van der Waals surface area contributed by atoms with Gasteiger partial charge in [-0.25, -0.2) is 9.67 Å². The van der Waals surface area contributed by atoms with E-state index in [2.05, 4.69) is 15.4 Å². The molecule has 0 spiro atoms. The molecule has 1 aliphatic carbocycles. The van der Waals surface area contributed by atoms with Gasteiger partial charge < -0.3 is 5.32 Å². The summed E-state index contributed by atoms with van der Waals surface area (Å²) in [4.78, 5) is 28.9. The van der Waals surface area contributed by atoms with Crippen LogP contribution in [0.25, 0.3) is 5.69 Å². The Morgan fingerprint density at radius 3 is 2.79 bits per heavy atom. The Bertz CT molecular complexity index is 966. The number of benzene rings is 1. The standard InChI is InChI=1S/C19H19N5O3S/c25-19(22-18(13-4-1-2-5-13)17-6-3-9-28-17)14-7-8-15(16(10-14)24(26)27)23-12-20-11-21-23/h3,6-13,18H,1-2,4-5H2,(H,22,25). The highest BCUT2D eigenvalue weighted by atomic mass is 32.1. The second kappa shape index (κ2) is 7.89. The Morgan fingerprint density at radius 1 is 1.32 bits per heavy atom. The molecule has 1 fully saturated rings. The van der Waals surface area contributed by atoms with Gasteiger partial charge in [-0.15, -0.1) is 11.3 Å². The lowest BCUT2D eigenvalue weighted by atomic mass is 9.96. The number of nitro groups is 1. The van der Waals surface area contributed by atoms with E-state index in [-0.39, 0.29) is 28.9 Å². The normalized spacial score (nSPS) is 15.4. The van der Waals surface area contributed by atoms with Crippen LogP contribution in [0.1, 0.15) is 47.0 Å². The molecule has 1 saturated carbocycles. The van der Waals surface area contributed by atoms with Crippen LogP contribution in [0.5, 0.6) is 0 Å². The average molecular weight is 397 g/mol. The summed E-state index contributed by atoms with van der Waals surface area (Å²) >= 11 is 1.62. The number of nitrogens with one attached hydrogen (secondary N) is 1. The first-order valence-corrected chi connectivity index (χ1v) is 9.99. The van der Waals surface area contributed by atoms with Crippen molar-refractivity contribution in [2.24, 2.45) is 5.92 Å². The van der Waals surface area contributed by atoms with Crippen molar-refractivity contribution in [1.29, 1.82) is 0 Å². The van der Waals surface area contributed by atoms with Gasteiger partial charge in [0.05, 0.1) is 11.0 Å². The first-order valence-electron chi connectivity index (χ1n) is 9.11. The van der Waals surface area contributed by atoms with Crippen LogP contribution >= 0.6 is 11.3 Å². The van der Waals surface area contributed by atoms with E-state index < -0.39 is 4.92 Å². The Labute approximate surface area is 165 Å². The van der Waals surface area contributed by atoms with E-state index in [0.717, 1.165) is 17.7 Å². The molecule has 1 atom stereocenters. The molecule has 28 heavy (non-hydrogen) atoms. The SMILES string of the molecule is O=C(NC(c1cccs1)C1CCCC1)c1ccc(-n2cncn2)c([N+](=O)[O-])c1. The Kier molecular flexibility index (Phi) is 5.16. The largest absolute Gasteiger partial charge is 0.344 e. The second-order valence-corrected chi connectivity index (χ2v) is 7.79. The highest BCUT2D eigenvalue weighted by Crippen LogP contribution is 2.37. The molecule has 2 aromatic heterocycles. The monoisotopic (exact) mass is 397 g/mol. The smallest absolute Gasteiger partial charge is 0.295 e.